The third-order valence-electron chi connectivity index (χ3n) is 2.22. The Labute approximate surface area is 68.2 Å². The van der Waals surface area contributed by atoms with E-state index >= 15 is 0 Å². The SMILES string of the molecule is CCS(=O)(=O)NC1CC1(C)C. The molecule has 66 valence electrons. The molecule has 4 heteroatoms. The predicted molar refractivity (Wildman–Crippen MR) is 44.8 cm³/mol. The molecule has 0 aromatic heterocycles. The lowest BCUT2D eigenvalue weighted by molar-refractivity contribution is 0.556. The third-order valence-corrected chi connectivity index (χ3v) is 3.62. The number of hydrogen-bond acceptors (Lipinski definition) is 2. The van der Waals surface area contributed by atoms with Crippen molar-refractivity contribution < 1.29 is 8.42 Å². The summed E-state index contributed by atoms with van der Waals surface area (Å²) in [4.78, 5) is 0. The van der Waals surface area contributed by atoms with Crippen LogP contribution in [0.4, 0.5) is 0 Å². The molecule has 1 atom stereocenters. The Hall–Kier alpha value is -0.0900. The van der Waals surface area contributed by atoms with E-state index in [-0.39, 0.29) is 17.2 Å². The van der Waals surface area contributed by atoms with Crippen LogP contribution in [0.15, 0.2) is 0 Å². The maximum absolute atomic E-state index is 11.0. The van der Waals surface area contributed by atoms with Crippen LogP contribution in [0.3, 0.4) is 0 Å². The monoisotopic (exact) mass is 177 g/mol. The van der Waals surface area contributed by atoms with Gasteiger partial charge < -0.3 is 0 Å². The molecule has 1 saturated carbocycles. The topological polar surface area (TPSA) is 46.2 Å². The lowest BCUT2D eigenvalue weighted by Gasteiger charge is -2.04. The molecule has 1 N–H and O–H groups in total. The van der Waals surface area contributed by atoms with E-state index in [4.69, 9.17) is 0 Å². The first kappa shape index (κ1) is 9.00. The molecular weight excluding hydrogens is 162 g/mol. The zero-order valence-electron chi connectivity index (χ0n) is 7.22. The van der Waals surface area contributed by atoms with Gasteiger partial charge >= 0.3 is 0 Å². The molecule has 0 spiro atoms. The summed E-state index contributed by atoms with van der Waals surface area (Å²) in [5, 5.41) is 0. The van der Waals surface area contributed by atoms with Gasteiger partial charge in [-0.2, -0.15) is 0 Å². The minimum Gasteiger partial charge on any atom is -0.212 e. The normalized spacial score (nSPS) is 28.5. The highest BCUT2D eigenvalue weighted by atomic mass is 32.2. The second-order valence-electron chi connectivity index (χ2n) is 3.77. The molecule has 0 aromatic carbocycles. The smallest absolute Gasteiger partial charge is 0.211 e. The number of sulfonamides is 1. The summed E-state index contributed by atoms with van der Waals surface area (Å²) < 4.78 is 24.7. The number of rotatable bonds is 3. The zero-order valence-corrected chi connectivity index (χ0v) is 8.03. The molecule has 0 amide bonds. The maximum atomic E-state index is 11.0. The lowest BCUT2D eigenvalue weighted by Crippen LogP contribution is -2.29. The van der Waals surface area contributed by atoms with Crippen LogP contribution in [-0.2, 0) is 10.0 Å². The van der Waals surface area contributed by atoms with Crippen LogP contribution in [0.1, 0.15) is 27.2 Å². The molecule has 0 saturated heterocycles. The van der Waals surface area contributed by atoms with Crippen molar-refractivity contribution in [1.82, 2.24) is 4.72 Å². The first-order chi connectivity index (χ1) is 4.87. The molecular formula is C7H15NO2S. The molecule has 1 rings (SSSR count). The maximum Gasteiger partial charge on any atom is 0.211 e. The minimum atomic E-state index is -2.98. The van der Waals surface area contributed by atoms with Gasteiger partial charge in [-0.25, -0.2) is 13.1 Å². The van der Waals surface area contributed by atoms with Crippen molar-refractivity contribution in [3.63, 3.8) is 0 Å². The van der Waals surface area contributed by atoms with Gasteiger partial charge in [0.1, 0.15) is 0 Å². The Bertz CT molecular complexity index is 243. The number of nitrogens with one attached hydrogen (secondary N) is 1. The fourth-order valence-electron chi connectivity index (χ4n) is 0.968. The molecule has 1 fully saturated rings. The van der Waals surface area contributed by atoms with Crippen LogP contribution in [0, 0.1) is 5.41 Å². The van der Waals surface area contributed by atoms with Gasteiger partial charge in [0.05, 0.1) is 5.75 Å². The summed E-state index contributed by atoms with van der Waals surface area (Å²) in [5.41, 5.74) is 0.183. The van der Waals surface area contributed by atoms with Crippen molar-refractivity contribution in [2.24, 2.45) is 5.41 Å². The summed E-state index contributed by atoms with van der Waals surface area (Å²) in [6.45, 7) is 5.78. The molecule has 0 bridgehead atoms. The summed E-state index contributed by atoms with van der Waals surface area (Å²) in [6.07, 6.45) is 0.965. The largest absolute Gasteiger partial charge is 0.212 e. The van der Waals surface area contributed by atoms with Crippen LogP contribution in [-0.4, -0.2) is 20.2 Å². The highest BCUT2D eigenvalue weighted by Crippen LogP contribution is 2.44. The van der Waals surface area contributed by atoms with E-state index in [9.17, 15) is 8.42 Å². The van der Waals surface area contributed by atoms with E-state index in [1.807, 2.05) is 0 Å². The number of hydrogen-bond donors (Lipinski definition) is 1. The molecule has 1 aliphatic carbocycles. The Morgan fingerprint density at radius 2 is 2.00 bits per heavy atom. The van der Waals surface area contributed by atoms with Crippen molar-refractivity contribution in [1.29, 1.82) is 0 Å². The molecule has 0 aromatic rings. The van der Waals surface area contributed by atoms with Gasteiger partial charge in [0.2, 0.25) is 10.0 Å². The summed E-state index contributed by atoms with van der Waals surface area (Å²) in [7, 11) is -2.98. The Morgan fingerprint density at radius 1 is 1.55 bits per heavy atom. The lowest BCUT2D eigenvalue weighted by atomic mass is 10.2. The van der Waals surface area contributed by atoms with Gasteiger partial charge in [-0.1, -0.05) is 13.8 Å². The fraction of sp³-hybridized carbons (Fsp3) is 1.00. The Balaban J connectivity index is 2.47. The van der Waals surface area contributed by atoms with E-state index in [0.717, 1.165) is 6.42 Å². The first-order valence-electron chi connectivity index (χ1n) is 3.87. The van der Waals surface area contributed by atoms with Crippen molar-refractivity contribution in [3.8, 4) is 0 Å². The average Bonchev–Trinajstić information content (AvgIpc) is 2.39. The second kappa shape index (κ2) is 2.45. The molecule has 0 radical (unpaired) electrons. The Morgan fingerprint density at radius 3 is 2.27 bits per heavy atom. The fourth-order valence-corrected chi connectivity index (χ4v) is 1.97. The van der Waals surface area contributed by atoms with Gasteiger partial charge in [0.15, 0.2) is 0 Å². The van der Waals surface area contributed by atoms with Crippen LogP contribution < -0.4 is 4.72 Å². The first-order valence-corrected chi connectivity index (χ1v) is 5.52. The van der Waals surface area contributed by atoms with Gasteiger partial charge in [-0.15, -0.1) is 0 Å². The summed E-state index contributed by atoms with van der Waals surface area (Å²) in [6, 6.07) is 0.174. The van der Waals surface area contributed by atoms with Gasteiger partial charge in [0.25, 0.3) is 0 Å². The third kappa shape index (κ3) is 2.17. The standard InChI is InChI=1S/C7H15NO2S/c1-4-11(9,10)8-6-5-7(6,2)3/h6,8H,4-5H2,1-3H3. The Kier molecular flexibility index (Phi) is 2.01. The van der Waals surface area contributed by atoms with Crippen LogP contribution in [0.25, 0.3) is 0 Å². The molecule has 11 heavy (non-hydrogen) atoms. The molecule has 1 aliphatic rings. The van der Waals surface area contributed by atoms with Gasteiger partial charge in [0, 0.05) is 6.04 Å². The van der Waals surface area contributed by atoms with Crippen molar-refractivity contribution >= 4 is 10.0 Å². The van der Waals surface area contributed by atoms with Crippen molar-refractivity contribution in [2.75, 3.05) is 5.75 Å². The summed E-state index contributed by atoms with van der Waals surface area (Å²) >= 11 is 0. The van der Waals surface area contributed by atoms with E-state index in [0.29, 0.717) is 0 Å². The van der Waals surface area contributed by atoms with Crippen molar-refractivity contribution in [3.05, 3.63) is 0 Å². The minimum absolute atomic E-state index is 0.174. The van der Waals surface area contributed by atoms with Crippen LogP contribution >= 0.6 is 0 Å². The van der Waals surface area contributed by atoms with Gasteiger partial charge in [-0.3, -0.25) is 0 Å². The summed E-state index contributed by atoms with van der Waals surface area (Å²) in [5.74, 6) is 0.180. The second-order valence-corrected chi connectivity index (χ2v) is 5.81. The molecule has 3 nitrogen and oxygen atoms in total. The molecule has 0 heterocycles. The molecule has 1 unspecified atom stereocenters. The van der Waals surface area contributed by atoms with Crippen LogP contribution in [0.2, 0.25) is 0 Å². The van der Waals surface area contributed by atoms with E-state index in [1.54, 1.807) is 6.92 Å². The zero-order chi connectivity index (χ0) is 8.70. The van der Waals surface area contributed by atoms with Crippen LogP contribution in [0.5, 0.6) is 0 Å². The van der Waals surface area contributed by atoms with E-state index in [1.165, 1.54) is 0 Å². The quantitative estimate of drug-likeness (QED) is 0.690. The highest BCUT2D eigenvalue weighted by molar-refractivity contribution is 7.89. The van der Waals surface area contributed by atoms with E-state index < -0.39 is 10.0 Å². The average molecular weight is 177 g/mol. The van der Waals surface area contributed by atoms with E-state index in [2.05, 4.69) is 18.6 Å². The predicted octanol–water partition coefficient (Wildman–Crippen LogP) is 0.724. The van der Waals surface area contributed by atoms with Crippen molar-refractivity contribution in [2.45, 2.75) is 33.2 Å². The highest BCUT2D eigenvalue weighted by Gasteiger charge is 2.47. The molecule has 0 aliphatic heterocycles. The van der Waals surface area contributed by atoms with Gasteiger partial charge in [-0.05, 0) is 18.8 Å².